The summed E-state index contributed by atoms with van der Waals surface area (Å²) in [6, 6.07) is 3.00. The molecule has 0 bridgehead atoms. The highest BCUT2D eigenvalue weighted by Crippen LogP contribution is 2.23. The van der Waals surface area contributed by atoms with E-state index in [1.807, 2.05) is 0 Å². The maximum atomic E-state index is 13.0. The average Bonchev–Trinajstić information content (AvgIpc) is 2.75. The quantitative estimate of drug-likeness (QED) is 0.914. The van der Waals surface area contributed by atoms with Crippen LogP contribution in [0, 0.1) is 11.6 Å². The number of hydrogen-bond donors (Lipinski definition) is 1. The van der Waals surface area contributed by atoms with Crippen molar-refractivity contribution in [1.82, 2.24) is 10.1 Å². The summed E-state index contributed by atoms with van der Waals surface area (Å²) in [6.45, 7) is 3.31. The molecule has 2 atom stereocenters. The molecule has 0 spiro atoms. The first-order valence-electron chi connectivity index (χ1n) is 5.45. The molecule has 2 unspecified atom stereocenters. The van der Waals surface area contributed by atoms with Crippen LogP contribution in [0.2, 0.25) is 0 Å². The van der Waals surface area contributed by atoms with Crippen molar-refractivity contribution in [1.29, 1.82) is 0 Å². The summed E-state index contributed by atoms with van der Waals surface area (Å²) >= 11 is 0. The zero-order chi connectivity index (χ0) is 13.3. The fourth-order valence-corrected chi connectivity index (χ4v) is 1.43. The number of benzene rings is 1. The Balaban J connectivity index is 2.35. The third-order valence-electron chi connectivity index (χ3n) is 2.68. The molecule has 1 heterocycles. The van der Waals surface area contributed by atoms with Crippen molar-refractivity contribution in [2.75, 3.05) is 0 Å². The summed E-state index contributed by atoms with van der Waals surface area (Å²) in [4.78, 5) is 4.01. The first-order chi connectivity index (χ1) is 8.47. The van der Waals surface area contributed by atoms with E-state index < -0.39 is 17.7 Å². The number of aliphatic hydroxyl groups is 1. The van der Waals surface area contributed by atoms with Gasteiger partial charge in [-0.25, -0.2) is 8.78 Å². The predicted octanol–water partition coefficient (Wildman–Crippen LogP) is 2.50. The van der Waals surface area contributed by atoms with Gasteiger partial charge in [0, 0.05) is 11.6 Å². The van der Waals surface area contributed by atoms with E-state index in [2.05, 4.69) is 10.1 Å². The predicted molar refractivity (Wildman–Crippen MR) is 59.7 cm³/mol. The maximum Gasteiger partial charge on any atom is 0.232 e. The van der Waals surface area contributed by atoms with Crippen LogP contribution >= 0.6 is 0 Å². The van der Waals surface area contributed by atoms with E-state index >= 15 is 0 Å². The third-order valence-corrected chi connectivity index (χ3v) is 2.68. The number of nitrogens with zero attached hydrogens (tertiary/aromatic N) is 2. The molecule has 0 radical (unpaired) electrons. The van der Waals surface area contributed by atoms with Crippen molar-refractivity contribution in [3.63, 3.8) is 0 Å². The van der Waals surface area contributed by atoms with E-state index in [9.17, 15) is 13.9 Å². The number of halogens is 2. The lowest BCUT2D eigenvalue weighted by Gasteiger charge is -2.07. The lowest BCUT2D eigenvalue weighted by Crippen LogP contribution is -2.11. The normalized spacial score (nSPS) is 14.5. The minimum Gasteiger partial charge on any atom is -0.393 e. The third kappa shape index (κ3) is 2.53. The first-order valence-corrected chi connectivity index (χ1v) is 5.45. The van der Waals surface area contributed by atoms with Gasteiger partial charge in [0.1, 0.15) is 11.6 Å². The minimum atomic E-state index is -0.708. The summed E-state index contributed by atoms with van der Waals surface area (Å²) < 4.78 is 31.0. The minimum absolute atomic E-state index is 0.0934. The summed E-state index contributed by atoms with van der Waals surface area (Å²) in [6.07, 6.45) is -0.650. The van der Waals surface area contributed by atoms with E-state index in [-0.39, 0.29) is 23.2 Å². The van der Waals surface area contributed by atoms with Crippen LogP contribution in [0.25, 0.3) is 11.4 Å². The Labute approximate surface area is 102 Å². The molecule has 0 fully saturated rings. The largest absolute Gasteiger partial charge is 0.393 e. The monoisotopic (exact) mass is 254 g/mol. The molecular formula is C12H12F2N2O2. The van der Waals surface area contributed by atoms with Gasteiger partial charge >= 0.3 is 0 Å². The van der Waals surface area contributed by atoms with Crippen molar-refractivity contribution >= 4 is 0 Å². The highest BCUT2D eigenvalue weighted by molar-refractivity contribution is 5.54. The molecule has 1 N–H and O–H groups in total. The van der Waals surface area contributed by atoms with Gasteiger partial charge in [0.25, 0.3) is 0 Å². The summed E-state index contributed by atoms with van der Waals surface area (Å²) in [5.41, 5.74) is 0.195. The second-order valence-electron chi connectivity index (χ2n) is 4.14. The summed E-state index contributed by atoms with van der Waals surface area (Å²) in [5.74, 6) is -1.44. The second kappa shape index (κ2) is 4.81. The molecular weight excluding hydrogens is 242 g/mol. The Morgan fingerprint density at radius 2 is 1.78 bits per heavy atom. The van der Waals surface area contributed by atoms with E-state index in [0.29, 0.717) is 0 Å². The zero-order valence-electron chi connectivity index (χ0n) is 9.89. The molecule has 6 heteroatoms. The van der Waals surface area contributed by atoms with E-state index in [4.69, 9.17) is 4.52 Å². The van der Waals surface area contributed by atoms with Crippen LogP contribution in [-0.4, -0.2) is 21.4 Å². The summed E-state index contributed by atoms with van der Waals surface area (Å²) in [5, 5.41) is 13.0. The Morgan fingerprint density at radius 3 is 2.33 bits per heavy atom. The Morgan fingerprint density at radius 1 is 1.17 bits per heavy atom. The van der Waals surface area contributed by atoms with E-state index in [0.717, 1.165) is 18.2 Å². The number of hydrogen-bond acceptors (Lipinski definition) is 4. The molecule has 1 aromatic carbocycles. The van der Waals surface area contributed by atoms with E-state index in [1.54, 1.807) is 13.8 Å². The van der Waals surface area contributed by atoms with Crippen LogP contribution < -0.4 is 0 Å². The topological polar surface area (TPSA) is 59.2 Å². The lowest BCUT2D eigenvalue weighted by molar-refractivity contribution is 0.151. The maximum absolute atomic E-state index is 13.0. The molecule has 0 amide bonds. The smallest absolute Gasteiger partial charge is 0.232 e. The highest BCUT2D eigenvalue weighted by atomic mass is 19.1. The molecule has 1 aromatic heterocycles. The second-order valence-corrected chi connectivity index (χ2v) is 4.14. The van der Waals surface area contributed by atoms with Gasteiger partial charge in [0.05, 0.1) is 12.0 Å². The average molecular weight is 254 g/mol. The van der Waals surface area contributed by atoms with Crippen LogP contribution in [0.4, 0.5) is 8.78 Å². The Bertz CT molecular complexity index is 535. The van der Waals surface area contributed by atoms with Crippen LogP contribution in [0.15, 0.2) is 22.7 Å². The van der Waals surface area contributed by atoms with Crippen LogP contribution in [0.3, 0.4) is 0 Å². The molecule has 18 heavy (non-hydrogen) atoms. The molecule has 0 saturated carbocycles. The molecule has 2 aromatic rings. The van der Waals surface area contributed by atoms with Gasteiger partial charge in [0.15, 0.2) is 0 Å². The molecule has 0 aliphatic heterocycles. The van der Waals surface area contributed by atoms with Crippen molar-refractivity contribution < 1.29 is 18.4 Å². The van der Waals surface area contributed by atoms with Crippen LogP contribution in [-0.2, 0) is 0 Å². The van der Waals surface area contributed by atoms with Crippen LogP contribution in [0.5, 0.6) is 0 Å². The molecule has 2 rings (SSSR count). The first kappa shape index (κ1) is 12.6. The highest BCUT2D eigenvalue weighted by Gasteiger charge is 2.19. The standard InChI is InChI=1S/C12H12F2N2O2/c1-6(7(2)17)12-15-11(16-18-12)8-3-9(13)5-10(14)4-8/h3-7,17H,1-2H3. The number of aromatic nitrogens is 2. The molecule has 96 valence electrons. The summed E-state index contributed by atoms with van der Waals surface area (Å²) in [7, 11) is 0. The number of rotatable bonds is 3. The van der Waals surface area contributed by atoms with Gasteiger partial charge in [-0.1, -0.05) is 12.1 Å². The zero-order valence-corrected chi connectivity index (χ0v) is 9.89. The van der Waals surface area contributed by atoms with E-state index in [1.165, 1.54) is 0 Å². The molecule has 0 saturated heterocycles. The van der Waals surface area contributed by atoms with Gasteiger partial charge in [0.2, 0.25) is 11.7 Å². The Kier molecular flexibility index (Phi) is 3.38. The Hall–Kier alpha value is -1.82. The van der Waals surface area contributed by atoms with Gasteiger partial charge < -0.3 is 9.63 Å². The molecule has 0 aliphatic rings. The molecule has 4 nitrogen and oxygen atoms in total. The van der Waals surface area contributed by atoms with Gasteiger partial charge in [-0.3, -0.25) is 0 Å². The van der Waals surface area contributed by atoms with Crippen molar-refractivity contribution in [2.24, 2.45) is 0 Å². The van der Waals surface area contributed by atoms with Crippen molar-refractivity contribution in [2.45, 2.75) is 25.9 Å². The van der Waals surface area contributed by atoms with Gasteiger partial charge in [-0.05, 0) is 19.1 Å². The molecule has 0 aliphatic carbocycles. The lowest BCUT2D eigenvalue weighted by atomic mass is 10.1. The van der Waals surface area contributed by atoms with Crippen molar-refractivity contribution in [3.05, 3.63) is 35.7 Å². The fraction of sp³-hybridized carbons (Fsp3) is 0.333. The fourth-order valence-electron chi connectivity index (χ4n) is 1.43. The van der Waals surface area contributed by atoms with Gasteiger partial charge in [-0.15, -0.1) is 0 Å². The van der Waals surface area contributed by atoms with Crippen molar-refractivity contribution in [3.8, 4) is 11.4 Å². The van der Waals surface area contributed by atoms with Gasteiger partial charge in [-0.2, -0.15) is 4.98 Å². The van der Waals surface area contributed by atoms with Crippen LogP contribution in [0.1, 0.15) is 25.7 Å². The SMILES string of the molecule is CC(O)C(C)c1nc(-c2cc(F)cc(F)c2)no1. The number of aliphatic hydroxyl groups excluding tert-OH is 1.